The fraction of sp³-hybridized carbons (Fsp3) is 0.0233. The third-order valence-corrected chi connectivity index (χ3v) is 10.3. The minimum Gasteiger partial charge on any atom is -0.550 e. The predicted molar refractivity (Wildman–Crippen MR) is 205 cm³/mol. The maximum Gasteiger partial charge on any atom is 0.436 e. The lowest BCUT2D eigenvalue weighted by Gasteiger charge is -2.33. The van der Waals surface area contributed by atoms with Crippen LogP contribution in [-0.2, 0) is 0 Å². The smallest absolute Gasteiger partial charge is 0.436 e. The minimum atomic E-state index is -0.450. The van der Waals surface area contributed by atoms with Gasteiger partial charge in [0.2, 0.25) is 0 Å². The van der Waals surface area contributed by atoms with Crippen molar-refractivity contribution >= 4 is 69.8 Å². The number of anilines is 6. The standard InChI is InChI=1S/C43H28B2N2O4/c1-27-42-30(44-40-34(20-12-24-38(40)48-42)46(28-14-4-2-5-15-28)32-18-8-10-22-36(32)50-44)26-31-43(27)49-39-25-13-21-35-41(39)45(31)51-37-23-11-9-19-33(37)47(35)29-16-6-3-7-17-29/h2-26H,1H3. The highest BCUT2D eigenvalue weighted by atomic mass is 16.5. The molecule has 0 spiro atoms. The molecule has 0 radical (unpaired) electrons. The molecular weight excluding hydrogens is 630 g/mol. The van der Waals surface area contributed by atoms with Crippen LogP contribution in [0.1, 0.15) is 5.56 Å². The lowest BCUT2D eigenvalue weighted by molar-refractivity contribution is 0.453. The molecule has 4 heterocycles. The Balaban J connectivity index is 1.14. The van der Waals surface area contributed by atoms with Crippen LogP contribution in [0.3, 0.4) is 0 Å². The molecular formula is C43H28B2N2O4. The number of hydrogen-bond donors (Lipinski definition) is 0. The fourth-order valence-corrected chi connectivity index (χ4v) is 8.14. The highest BCUT2D eigenvalue weighted by molar-refractivity contribution is 6.87. The molecule has 4 aliphatic heterocycles. The summed E-state index contributed by atoms with van der Waals surface area (Å²) in [6.07, 6.45) is 0. The summed E-state index contributed by atoms with van der Waals surface area (Å²) in [7, 11) is 0. The van der Waals surface area contributed by atoms with Gasteiger partial charge in [-0.1, -0.05) is 78.9 Å². The molecule has 0 aromatic heterocycles. The Morgan fingerprint density at radius 3 is 1.27 bits per heavy atom. The molecule has 0 saturated carbocycles. The summed E-state index contributed by atoms with van der Waals surface area (Å²) in [6.45, 7) is 1.17. The SMILES string of the molecule is Cc1c2c(cc3c1Oc1cccc4c1B3Oc1ccccc1N4c1ccccc1)B1Oc3ccccc3N(c3ccccc3)c3cccc(c31)O2. The van der Waals surface area contributed by atoms with Gasteiger partial charge in [0.15, 0.2) is 0 Å². The lowest BCUT2D eigenvalue weighted by atomic mass is 9.48. The Morgan fingerprint density at radius 1 is 0.412 bits per heavy atom. The lowest BCUT2D eigenvalue weighted by Crippen LogP contribution is -2.56. The zero-order valence-corrected chi connectivity index (χ0v) is 27.6. The van der Waals surface area contributed by atoms with Crippen molar-refractivity contribution in [3.63, 3.8) is 0 Å². The molecule has 0 unspecified atom stereocenters. The van der Waals surface area contributed by atoms with Gasteiger partial charge in [-0.3, -0.25) is 0 Å². The van der Waals surface area contributed by atoms with Crippen molar-refractivity contribution in [3.05, 3.63) is 157 Å². The number of hydrogen-bond acceptors (Lipinski definition) is 6. The van der Waals surface area contributed by atoms with Crippen molar-refractivity contribution in [3.8, 4) is 34.5 Å². The molecule has 51 heavy (non-hydrogen) atoms. The second-order valence-electron chi connectivity index (χ2n) is 13.2. The van der Waals surface area contributed by atoms with Crippen LogP contribution in [0, 0.1) is 6.92 Å². The average Bonchev–Trinajstić information content (AvgIpc) is 3.43. The van der Waals surface area contributed by atoms with Crippen LogP contribution in [0.5, 0.6) is 34.5 Å². The van der Waals surface area contributed by atoms with Crippen molar-refractivity contribution in [1.82, 2.24) is 0 Å². The van der Waals surface area contributed by atoms with Crippen molar-refractivity contribution in [2.45, 2.75) is 6.92 Å². The predicted octanol–water partition coefficient (Wildman–Crippen LogP) is 8.14. The van der Waals surface area contributed by atoms with Gasteiger partial charge in [0.05, 0.1) is 11.4 Å². The van der Waals surface area contributed by atoms with Crippen LogP contribution in [0.2, 0.25) is 0 Å². The number of rotatable bonds is 2. The van der Waals surface area contributed by atoms with Gasteiger partial charge in [0, 0.05) is 50.2 Å². The second kappa shape index (κ2) is 10.7. The topological polar surface area (TPSA) is 43.4 Å². The molecule has 7 aromatic carbocycles. The molecule has 4 aliphatic rings. The molecule has 7 aromatic rings. The quantitative estimate of drug-likeness (QED) is 0.175. The first-order chi connectivity index (χ1) is 25.2. The number of nitrogens with zero attached hydrogens (tertiary/aromatic N) is 2. The van der Waals surface area contributed by atoms with E-state index in [9.17, 15) is 0 Å². The van der Waals surface area contributed by atoms with E-state index in [1.54, 1.807) is 0 Å². The fourth-order valence-electron chi connectivity index (χ4n) is 8.14. The van der Waals surface area contributed by atoms with Gasteiger partial charge in [-0.05, 0) is 79.7 Å². The molecule has 0 aliphatic carbocycles. The first-order valence-corrected chi connectivity index (χ1v) is 17.2. The van der Waals surface area contributed by atoms with E-state index in [0.717, 1.165) is 96.0 Å². The van der Waals surface area contributed by atoms with Gasteiger partial charge >= 0.3 is 13.8 Å². The summed E-state index contributed by atoms with van der Waals surface area (Å²) in [4.78, 5) is 4.53. The van der Waals surface area contributed by atoms with E-state index in [-0.39, 0.29) is 0 Å². The van der Waals surface area contributed by atoms with E-state index in [4.69, 9.17) is 18.8 Å². The van der Waals surface area contributed by atoms with Gasteiger partial charge in [0.25, 0.3) is 0 Å². The van der Waals surface area contributed by atoms with E-state index >= 15 is 0 Å². The molecule has 0 N–H and O–H groups in total. The van der Waals surface area contributed by atoms with Gasteiger partial charge < -0.3 is 28.6 Å². The van der Waals surface area contributed by atoms with Crippen LogP contribution in [-0.4, -0.2) is 13.8 Å². The zero-order valence-electron chi connectivity index (χ0n) is 27.6. The summed E-state index contributed by atoms with van der Waals surface area (Å²) in [5, 5.41) is 0. The van der Waals surface area contributed by atoms with Gasteiger partial charge in [-0.2, -0.15) is 0 Å². The van der Waals surface area contributed by atoms with Gasteiger partial charge in [-0.25, -0.2) is 0 Å². The highest BCUT2D eigenvalue weighted by Gasteiger charge is 2.47. The molecule has 0 atom stereocenters. The van der Waals surface area contributed by atoms with E-state index in [1.807, 2.05) is 48.5 Å². The van der Waals surface area contributed by atoms with Crippen molar-refractivity contribution in [2.24, 2.45) is 0 Å². The average molecular weight is 658 g/mol. The Hall–Kier alpha value is -6.53. The summed E-state index contributed by atoms with van der Waals surface area (Å²) >= 11 is 0. The summed E-state index contributed by atoms with van der Waals surface area (Å²) in [5.74, 6) is 4.59. The molecule has 8 heteroatoms. The molecule has 0 bridgehead atoms. The first kappa shape index (κ1) is 28.3. The van der Waals surface area contributed by atoms with Crippen molar-refractivity contribution in [2.75, 3.05) is 9.80 Å². The number of benzene rings is 7. The van der Waals surface area contributed by atoms with E-state index in [0.29, 0.717) is 0 Å². The number of fused-ring (bicyclic) bond motifs is 6. The van der Waals surface area contributed by atoms with E-state index in [2.05, 4.69) is 120 Å². The molecule has 240 valence electrons. The summed E-state index contributed by atoms with van der Waals surface area (Å²) in [6, 6.07) is 52.0. The van der Waals surface area contributed by atoms with E-state index in [1.165, 1.54) is 0 Å². The maximum atomic E-state index is 7.11. The monoisotopic (exact) mass is 658 g/mol. The third kappa shape index (κ3) is 4.07. The highest BCUT2D eigenvalue weighted by Crippen LogP contribution is 2.48. The second-order valence-corrected chi connectivity index (χ2v) is 13.2. The molecule has 0 fully saturated rings. The largest absolute Gasteiger partial charge is 0.550 e. The molecule has 11 rings (SSSR count). The number of para-hydroxylation sites is 6. The Kier molecular flexibility index (Phi) is 5.96. The molecule has 6 nitrogen and oxygen atoms in total. The zero-order chi connectivity index (χ0) is 33.6. The van der Waals surface area contributed by atoms with Crippen LogP contribution in [0.4, 0.5) is 34.1 Å². The van der Waals surface area contributed by atoms with Gasteiger partial charge in [0.1, 0.15) is 34.5 Å². The van der Waals surface area contributed by atoms with Crippen LogP contribution < -0.4 is 50.4 Å². The Bertz CT molecular complexity index is 2370. The summed E-state index contributed by atoms with van der Waals surface area (Å²) in [5.41, 5.74) is 10.8. The third-order valence-electron chi connectivity index (χ3n) is 10.3. The summed E-state index contributed by atoms with van der Waals surface area (Å²) < 4.78 is 28.0. The van der Waals surface area contributed by atoms with E-state index < -0.39 is 13.8 Å². The molecule has 0 saturated heterocycles. The van der Waals surface area contributed by atoms with Crippen LogP contribution in [0.15, 0.2) is 152 Å². The van der Waals surface area contributed by atoms with Gasteiger partial charge in [-0.15, -0.1) is 0 Å². The number of ether oxygens (including phenoxy) is 2. The van der Waals surface area contributed by atoms with Crippen LogP contribution >= 0.6 is 0 Å². The minimum absolute atomic E-state index is 0.450. The van der Waals surface area contributed by atoms with Crippen molar-refractivity contribution in [1.29, 1.82) is 0 Å². The molecule has 0 amide bonds. The maximum absolute atomic E-state index is 7.11. The normalized spacial score (nSPS) is 14.1. The van der Waals surface area contributed by atoms with Crippen molar-refractivity contribution < 1.29 is 18.8 Å². The Morgan fingerprint density at radius 2 is 0.804 bits per heavy atom. The first-order valence-electron chi connectivity index (χ1n) is 17.2. The van der Waals surface area contributed by atoms with Crippen LogP contribution in [0.25, 0.3) is 0 Å². The Labute approximate surface area is 296 Å².